The molecule has 1 aromatic carbocycles. The topological polar surface area (TPSA) is 20.3 Å². The molecule has 1 aliphatic rings. The number of hydrogen-bond acceptors (Lipinski definition) is 2. The first kappa shape index (κ1) is 10.6. The number of amides is 1. The van der Waals surface area contributed by atoms with Gasteiger partial charge < -0.3 is 4.90 Å². The molecule has 0 radical (unpaired) electrons. The van der Waals surface area contributed by atoms with Gasteiger partial charge in [-0.15, -0.1) is 11.8 Å². The quantitative estimate of drug-likeness (QED) is 0.724. The zero-order chi connectivity index (χ0) is 11.0. The number of benzene rings is 1. The van der Waals surface area contributed by atoms with E-state index < -0.39 is 0 Å². The zero-order valence-electron chi connectivity index (χ0n) is 9.28. The van der Waals surface area contributed by atoms with Crippen molar-refractivity contribution < 1.29 is 4.79 Å². The van der Waals surface area contributed by atoms with E-state index in [2.05, 4.69) is 25.1 Å². The van der Waals surface area contributed by atoms with E-state index in [4.69, 9.17) is 0 Å². The third kappa shape index (κ3) is 2.02. The predicted octanol–water partition coefficient (Wildman–Crippen LogP) is 2.10. The predicted molar refractivity (Wildman–Crippen MR) is 63.2 cm³/mol. The lowest BCUT2D eigenvalue weighted by atomic mass is 10.1. The third-order valence-electron chi connectivity index (χ3n) is 2.61. The normalized spacial score (nSPS) is 18.7. The summed E-state index contributed by atoms with van der Waals surface area (Å²) < 4.78 is 0. The lowest BCUT2D eigenvalue weighted by Gasteiger charge is -2.14. The maximum Gasteiger partial charge on any atom is 0.235 e. The largest absolute Gasteiger partial charge is 0.348 e. The highest BCUT2D eigenvalue weighted by atomic mass is 32.2. The van der Waals surface area contributed by atoms with Crippen LogP contribution in [0.4, 0.5) is 0 Å². The molecule has 0 bridgehead atoms. The number of carbonyl (C=O) groups excluding carboxylic acids is 1. The van der Waals surface area contributed by atoms with Gasteiger partial charge in [0.25, 0.3) is 0 Å². The van der Waals surface area contributed by atoms with Gasteiger partial charge >= 0.3 is 0 Å². The molecule has 1 unspecified atom stereocenters. The Kier molecular flexibility index (Phi) is 2.74. The molecule has 0 fully saturated rings. The highest BCUT2D eigenvalue weighted by Crippen LogP contribution is 2.38. The Hall–Kier alpha value is -0.960. The summed E-state index contributed by atoms with van der Waals surface area (Å²) in [6.07, 6.45) is 0.872. The van der Waals surface area contributed by atoms with Crippen LogP contribution in [0.15, 0.2) is 23.1 Å². The van der Waals surface area contributed by atoms with Crippen LogP contribution in [-0.2, 0) is 11.2 Å². The van der Waals surface area contributed by atoms with Crippen LogP contribution in [0.5, 0.6) is 0 Å². The van der Waals surface area contributed by atoms with Crippen molar-refractivity contribution in [1.29, 1.82) is 0 Å². The molecular weight excluding hydrogens is 206 g/mol. The van der Waals surface area contributed by atoms with Gasteiger partial charge in [-0.3, -0.25) is 4.79 Å². The maximum absolute atomic E-state index is 11.8. The maximum atomic E-state index is 11.8. The number of nitrogens with zero attached hydrogens (tertiary/aromatic N) is 1. The van der Waals surface area contributed by atoms with E-state index >= 15 is 0 Å². The molecule has 1 atom stereocenters. The van der Waals surface area contributed by atoms with Crippen molar-refractivity contribution in [3.8, 4) is 0 Å². The summed E-state index contributed by atoms with van der Waals surface area (Å²) in [7, 11) is 3.63. The fourth-order valence-corrected chi connectivity index (χ4v) is 3.20. The first-order valence-corrected chi connectivity index (χ1v) is 5.93. The van der Waals surface area contributed by atoms with Gasteiger partial charge in [0.1, 0.15) is 0 Å². The summed E-state index contributed by atoms with van der Waals surface area (Å²) in [5.74, 6) is 0.217. The van der Waals surface area contributed by atoms with Crippen LogP contribution < -0.4 is 0 Å². The lowest BCUT2D eigenvalue weighted by molar-refractivity contribution is -0.128. The van der Waals surface area contributed by atoms with E-state index in [0.717, 1.165) is 6.42 Å². The number of aryl methyl sites for hydroxylation is 1. The standard InChI is InChI=1S/C12H15NOS/c1-8-4-5-9-7-11(12(14)13(2)3)15-10(9)6-8/h4-6,11H,7H2,1-3H3. The van der Waals surface area contributed by atoms with E-state index in [-0.39, 0.29) is 11.2 Å². The van der Waals surface area contributed by atoms with Crippen molar-refractivity contribution >= 4 is 17.7 Å². The molecule has 2 nitrogen and oxygen atoms in total. The van der Waals surface area contributed by atoms with E-state index in [0.29, 0.717) is 0 Å². The van der Waals surface area contributed by atoms with Crippen LogP contribution >= 0.6 is 11.8 Å². The fraction of sp³-hybridized carbons (Fsp3) is 0.417. The van der Waals surface area contributed by atoms with E-state index in [1.807, 2.05) is 14.1 Å². The van der Waals surface area contributed by atoms with E-state index in [9.17, 15) is 4.79 Å². The Morgan fingerprint density at radius 1 is 1.47 bits per heavy atom. The average molecular weight is 221 g/mol. The second kappa shape index (κ2) is 3.89. The van der Waals surface area contributed by atoms with Crippen molar-refractivity contribution in [2.75, 3.05) is 14.1 Å². The van der Waals surface area contributed by atoms with Gasteiger partial charge in [0.05, 0.1) is 5.25 Å². The van der Waals surface area contributed by atoms with Crippen molar-refractivity contribution in [1.82, 2.24) is 4.90 Å². The van der Waals surface area contributed by atoms with Gasteiger partial charge in [-0.05, 0) is 25.0 Å². The molecule has 0 aromatic heterocycles. The van der Waals surface area contributed by atoms with Gasteiger partial charge in [-0.2, -0.15) is 0 Å². The van der Waals surface area contributed by atoms with Crippen molar-refractivity contribution in [2.24, 2.45) is 0 Å². The number of hydrogen-bond donors (Lipinski definition) is 0. The van der Waals surface area contributed by atoms with E-state index in [1.54, 1.807) is 16.7 Å². The second-order valence-electron chi connectivity index (χ2n) is 4.15. The summed E-state index contributed by atoms with van der Waals surface area (Å²) in [6.45, 7) is 2.09. The Balaban J connectivity index is 2.19. The number of fused-ring (bicyclic) bond motifs is 1. The molecule has 1 aliphatic heterocycles. The van der Waals surface area contributed by atoms with Gasteiger partial charge in [0.15, 0.2) is 0 Å². The van der Waals surface area contributed by atoms with Gasteiger partial charge in [-0.1, -0.05) is 17.7 Å². The smallest absolute Gasteiger partial charge is 0.235 e. The minimum Gasteiger partial charge on any atom is -0.348 e. The third-order valence-corrected chi connectivity index (χ3v) is 3.90. The van der Waals surface area contributed by atoms with Crippen LogP contribution in [0, 0.1) is 6.92 Å². The Bertz CT molecular complexity index is 401. The number of rotatable bonds is 1. The molecular formula is C12H15NOS. The van der Waals surface area contributed by atoms with Crippen LogP contribution in [0.3, 0.4) is 0 Å². The highest BCUT2D eigenvalue weighted by Gasteiger charge is 2.29. The second-order valence-corrected chi connectivity index (χ2v) is 5.40. The molecule has 0 aliphatic carbocycles. The van der Waals surface area contributed by atoms with Crippen molar-refractivity contribution in [3.63, 3.8) is 0 Å². The van der Waals surface area contributed by atoms with Crippen LogP contribution in [0.1, 0.15) is 11.1 Å². The first-order chi connectivity index (χ1) is 7.08. The average Bonchev–Trinajstić information content (AvgIpc) is 2.58. The molecule has 2 rings (SSSR count). The SMILES string of the molecule is Cc1ccc2c(c1)SC(C(=O)N(C)C)C2. The number of thioether (sulfide) groups is 1. The molecule has 15 heavy (non-hydrogen) atoms. The summed E-state index contributed by atoms with van der Waals surface area (Å²) in [4.78, 5) is 14.8. The molecule has 0 spiro atoms. The molecule has 1 aromatic rings. The number of carbonyl (C=O) groups is 1. The van der Waals surface area contributed by atoms with Crippen molar-refractivity contribution in [3.05, 3.63) is 29.3 Å². The molecule has 0 saturated carbocycles. The van der Waals surface area contributed by atoms with Crippen LogP contribution in [-0.4, -0.2) is 30.2 Å². The molecule has 0 N–H and O–H groups in total. The van der Waals surface area contributed by atoms with Crippen molar-refractivity contribution in [2.45, 2.75) is 23.5 Å². The minimum absolute atomic E-state index is 0.0804. The Morgan fingerprint density at radius 3 is 2.87 bits per heavy atom. The summed E-state index contributed by atoms with van der Waals surface area (Å²) in [5.41, 5.74) is 2.57. The zero-order valence-corrected chi connectivity index (χ0v) is 10.1. The fourth-order valence-electron chi connectivity index (χ4n) is 1.76. The molecule has 3 heteroatoms. The van der Waals surface area contributed by atoms with Gasteiger partial charge in [-0.25, -0.2) is 0 Å². The molecule has 1 heterocycles. The molecule has 80 valence electrons. The highest BCUT2D eigenvalue weighted by molar-refractivity contribution is 8.01. The Labute approximate surface area is 94.7 Å². The summed E-state index contributed by atoms with van der Waals surface area (Å²) in [5, 5.41) is 0.0804. The van der Waals surface area contributed by atoms with Crippen LogP contribution in [0.25, 0.3) is 0 Å². The van der Waals surface area contributed by atoms with Crippen LogP contribution in [0.2, 0.25) is 0 Å². The monoisotopic (exact) mass is 221 g/mol. The lowest BCUT2D eigenvalue weighted by Crippen LogP contribution is -2.31. The summed E-state index contributed by atoms with van der Waals surface area (Å²) >= 11 is 1.70. The molecule has 1 amide bonds. The first-order valence-electron chi connectivity index (χ1n) is 5.05. The van der Waals surface area contributed by atoms with E-state index in [1.165, 1.54) is 16.0 Å². The van der Waals surface area contributed by atoms with Gasteiger partial charge in [0, 0.05) is 19.0 Å². The minimum atomic E-state index is 0.0804. The summed E-state index contributed by atoms with van der Waals surface area (Å²) in [6, 6.07) is 6.42. The van der Waals surface area contributed by atoms with Gasteiger partial charge in [0.2, 0.25) is 5.91 Å². The molecule has 0 saturated heterocycles. The Morgan fingerprint density at radius 2 is 2.20 bits per heavy atom.